The van der Waals surface area contributed by atoms with Gasteiger partial charge in [-0.1, -0.05) is 6.07 Å². The van der Waals surface area contributed by atoms with Crippen molar-refractivity contribution in [3.63, 3.8) is 0 Å². The molecule has 0 aromatic heterocycles. The Bertz CT molecular complexity index is 598. The first kappa shape index (κ1) is 15.0. The highest BCUT2D eigenvalue weighted by Crippen LogP contribution is 2.31. The van der Waals surface area contributed by atoms with E-state index < -0.39 is 0 Å². The fourth-order valence-electron chi connectivity index (χ4n) is 2.98. The topological polar surface area (TPSA) is 49.4 Å². The van der Waals surface area contributed by atoms with Crippen molar-refractivity contribution in [2.75, 3.05) is 6.54 Å². The van der Waals surface area contributed by atoms with Crippen molar-refractivity contribution in [1.29, 1.82) is 0 Å². The van der Waals surface area contributed by atoms with Gasteiger partial charge in [0.25, 0.3) is 0 Å². The summed E-state index contributed by atoms with van der Waals surface area (Å²) in [6, 6.07) is 4.94. The number of piperidine rings is 1. The quantitative estimate of drug-likeness (QED) is 0.926. The minimum Gasteiger partial charge on any atom is -0.352 e. The van der Waals surface area contributed by atoms with Gasteiger partial charge in [-0.15, -0.1) is 0 Å². The summed E-state index contributed by atoms with van der Waals surface area (Å²) in [5.74, 6) is -0.306. The van der Waals surface area contributed by atoms with Crippen LogP contribution in [0.2, 0.25) is 0 Å². The maximum absolute atomic E-state index is 13.3. The fourth-order valence-corrected chi connectivity index (χ4v) is 2.98. The molecule has 0 unspecified atom stereocenters. The molecule has 1 aliphatic heterocycles. The number of nitrogens with zero attached hydrogens (tertiary/aromatic N) is 1. The molecule has 1 N–H and O–H groups in total. The number of aryl methyl sites for hydroxylation is 1. The Morgan fingerprint density at radius 2 is 2.14 bits per heavy atom. The molecule has 2 fully saturated rings. The van der Waals surface area contributed by atoms with Crippen LogP contribution in [0.3, 0.4) is 0 Å². The van der Waals surface area contributed by atoms with Gasteiger partial charge in [0.15, 0.2) is 0 Å². The average molecular weight is 304 g/mol. The largest absolute Gasteiger partial charge is 0.352 e. The van der Waals surface area contributed by atoms with Gasteiger partial charge < -0.3 is 10.2 Å². The molecule has 5 heteroatoms. The maximum Gasteiger partial charge on any atom is 0.225 e. The van der Waals surface area contributed by atoms with E-state index in [0.29, 0.717) is 32.0 Å². The lowest BCUT2D eigenvalue weighted by Gasteiger charge is -2.32. The Hall–Kier alpha value is -1.91. The lowest BCUT2D eigenvalue weighted by molar-refractivity contribution is -0.138. The van der Waals surface area contributed by atoms with Crippen molar-refractivity contribution in [3.8, 4) is 0 Å². The number of amides is 2. The van der Waals surface area contributed by atoms with Gasteiger partial charge in [0, 0.05) is 25.6 Å². The van der Waals surface area contributed by atoms with E-state index >= 15 is 0 Å². The van der Waals surface area contributed by atoms with Gasteiger partial charge in [-0.05, 0) is 49.4 Å². The number of likely N-dealkylation sites (tertiary alicyclic amines) is 1. The second kappa shape index (κ2) is 6.07. The SMILES string of the molecule is Cc1ccc(F)cc1CNC(=O)[C@H]1CCC(=O)N(C2CC2)C1. The van der Waals surface area contributed by atoms with Gasteiger partial charge in [-0.2, -0.15) is 0 Å². The van der Waals surface area contributed by atoms with Gasteiger partial charge in [0.2, 0.25) is 11.8 Å². The number of hydrogen-bond donors (Lipinski definition) is 1. The van der Waals surface area contributed by atoms with Crippen LogP contribution in [0.4, 0.5) is 4.39 Å². The summed E-state index contributed by atoms with van der Waals surface area (Å²) in [5.41, 5.74) is 1.75. The van der Waals surface area contributed by atoms with Crippen LogP contribution in [0.25, 0.3) is 0 Å². The van der Waals surface area contributed by atoms with Crippen LogP contribution in [0.15, 0.2) is 18.2 Å². The standard InChI is InChI=1S/C17H21FN2O2/c1-11-2-4-14(18)8-13(11)9-19-17(22)12-3-7-16(21)20(10-12)15-5-6-15/h2,4,8,12,15H,3,5-7,9-10H2,1H3,(H,19,22)/t12-/m0/s1. The van der Waals surface area contributed by atoms with E-state index in [1.165, 1.54) is 12.1 Å². The molecular weight excluding hydrogens is 283 g/mol. The Labute approximate surface area is 129 Å². The Kier molecular flexibility index (Phi) is 4.14. The molecule has 1 heterocycles. The molecule has 2 amide bonds. The van der Waals surface area contributed by atoms with Gasteiger partial charge in [0.1, 0.15) is 5.82 Å². The summed E-state index contributed by atoms with van der Waals surface area (Å²) in [6.45, 7) is 2.75. The number of hydrogen-bond acceptors (Lipinski definition) is 2. The zero-order valence-electron chi connectivity index (χ0n) is 12.8. The predicted molar refractivity (Wildman–Crippen MR) is 80.4 cm³/mol. The normalized spacial score (nSPS) is 21.8. The molecule has 1 atom stereocenters. The van der Waals surface area contributed by atoms with Gasteiger partial charge >= 0.3 is 0 Å². The van der Waals surface area contributed by atoms with Crippen molar-refractivity contribution in [2.45, 2.75) is 45.2 Å². The van der Waals surface area contributed by atoms with Crippen molar-refractivity contribution >= 4 is 11.8 Å². The third-order valence-electron chi connectivity index (χ3n) is 4.57. The number of halogens is 1. The molecule has 1 aliphatic carbocycles. The molecule has 1 aromatic rings. The number of benzene rings is 1. The highest BCUT2D eigenvalue weighted by atomic mass is 19.1. The summed E-state index contributed by atoms with van der Waals surface area (Å²) in [7, 11) is 0. The van der Waals surface area contributed by atoms with Gasteiger partial charge in [0.05, 0.1) is 5.92 Å². The van der Waals surface area contributed by atoms with Crippen molar-refractivity contribution in [1.82, 2.24) is 10.2 Å². The number of rotatable bonds is 4. The molecule has 0 bridgehead atoms. The van der Waals surface area contributed by atoms with Crippen LogP contribution < -0.4 is 5.32 Å². The Balaban J connectivity index is 1.57. The third kappa shape index (κ3) is 3.29. The van der Waals surface area contributed by atoms with E-state index in [0.717, 1.165) is 24.0 Å². The van der Waals surface area contributed by atoms with Crippen molar-refractivity contribution < 1.29 is 14.0 Å². The second-order valence-electron chi connectivity index (χ2n) is 6.30. The predicted octanol–water partition coefficient (Wildman–Crippen LogP) is 2.15. The number of carbonyl (C=O) groups is 2. The molecule has 3 rings (SSSR count). The summed E-state index contributed by atoms with van der Waals surface area (Å²) < 4.78 is 13.3. The van der Waals surface area contributed by atoms with E-state index in [-0.39, 0.29) is 23.5 Å². The molecule has 1 aromatic carbocycles. The van der Waals surface area contributed by atoms with Crippen LogP contribution in [0.1, 0.15) is 36.8 Å². The summed E-state index contributed by atoms with van der Waals surface area (Å²) in [4.78, 5) is 26.0. The molecule has 0 radical (unpaired) electrons. The zero-order valence-corrected chi connectivity index (χ0v) is 12.8. The molecule has 1 saturated carbocycles. The first-order chi connectivity index (χ1) is 10.5. The lowest BCUT2D eigenvalue weighted by Crippen LogP contribution is -2.46. The monoisotopic (exact) mass is 304 g/mol. The van der Waals surface area contributed by atoms with Crippen molar-refractivity contribution in [2.24, 2.45) is 5.92 Å². The van der Waals surface area contributed by atoms with E-state index in [1.807, 2.05) is 11.8 Å². The smallest absolute Gasteiger partial charge is 0.225 e. The second-order valence-corrected chi connectivity index (χ2v) is 6.30. The Morgan fingerprint density at radius 1 is 1.36 bits per heavy atom. The summed E-state index contributed by atoms with van der Waals surface area (Å²) in [5, 5.41) is 2.89. The van der Waals surface area contributed by atoms with Crippen LogP contribution in [-0.2, 0) is 16.1 Å². The summed E-state index contributed by atoms with van der Waals surface area (Å²) in [6.07, 6.45) is 3.18. The van der Waals surface area contributed by atoms with E-state index in [1.54, 1.807) is 6.07 Å². The van der Waals surface area contributed by atoms with Crippen LogP contribution in [0.5, 0.6) is 0 Å². The highest BCUT2D eigenvalue weighted by Gasteiger charge is 2.38. The molecule has 1 saturated heterocycles. The van der Waals surface area contributed by atoms with E-state index in [9.17, 15) is 14.0 Å². The minimum absolute atomic E-state index is 0.0400. The zero-order chi connectivity index (χ0) is 15.7. The molecular formula is C17H21FN2O2. The Morgan fingerprint density at radius 3 is 2.86 bits per heavy atom. The summed E-state index contributed by atoms with van der Waals surface area (Å²) >= 11 is 0. The van der Waals surface area contributed by atoms with E-state index in [4.69, 9.17) is 0 Å². The molecule has 118 valence electrons. The first-order valence-electron chi connectivity index (χ1n) is 7.87. The van der Waals surface area contributed by atoms with E-state index in [2.05, 4.69) is 5.32 Å². The van der Waals surface area contributed by atoms with Crippen molar-refractivity contribution in [3.05, 3.63) is 35.1 Å². The average Bonchev–Trinajstić information content (AvgIpc) is 3.33. The van der Waals surface area contributed by atoms with Crippen LogP contribution in [-0.4, -0.2) is 29.3 Å². The highest BCUT2D eigenvalue weighted by molar-refractivity contribution is 5.84. The maximum atomic E-state index is 13.3. The van der Waals surface area contributed by atoms with Crippen LogP contribution in [0, 0.1) is 18.7 Å². The van der Waals surface area contributed by atoms with Gasteiger partial charge in [-0.25, -0.2) is 4.39 Å². The number of nitrogens with one attached hydrogen (secondary N) is 1. The van der Waals surface area contributed by atoms with Crippen LogP contribution >= 0.6 is 0 Å². The minimum atomic E-state index is -0.293. The van der Waals surface area contributed by atoms with Gasteiger partial charge in [-0.3, -0.25) is 9.59 Å². The lowest BCUT2D eigenvalue weighted by atomic mass is 9.96. The first-order valence-corrected chi connectivity index (χ1v) is 7.87. The molecule has 22 heavy (non-hydrogen) atoms. The third-order valence-corrected chi connectivity index (χ3v) is 4.57. The molecule has 4 nitrogen and oxygen atoms in total. The fraction of sp³-hybridized carbons (Fsp3) is 0.529. The molecule has 2 aliphatic rings. The molecule has 0 spiro atoms. The number of carbonyl (C=O) groups excluding carboxylic acids is 2.